The SMILES string of the molecule is NC(c1cc2ccccc2o1)c1sccc1Cl. The Hall–Kier alpha value is -1.29. The van der Waals surface area contributed by atoms with E-state index < -0.39 is 0 Å². The molecule has 0 saturated heterocycles. The summed E-state index contributed by atoms with van der Waals surface area (Å²) in [5, 5.41) is 3.69. The van der Waals surface area contributed by atoms with Crippen LogP contribution < -0.4 is 5.73 Å². The molecule has 0 fully saturated rings. The number of nitrogens with two attached hydrogens (primary N) is 1. The molecule has 0 spiro atoms. The number of furan rings is 1. The zero-order valence-corrected chi connectivity index (χ0v) is 10.5. The summed E-state index contributed by atoms with van der Waals surface area (Å²) in [5.41, 5.74) is 7.01. The number of hydrogen-bond acceptors (Lipinski definition) is 3. The molecule has 1 unspecified atom stereocenters. The Balaban J connectivity index is 2.07. The van der Waals surface area contributed by atoms with Crippen molar-refractivity contribution in [3.63, 3.8) is 0 Å². The summed E-state index contributed by atoms with van der Waals surface area (Å²) in [7, 11) is 0. The molecule has 86 valence electrons. The Morgan fingerprint density at radius 2 is 2.06 bits per heavy atom. The Morgan fingerprint density at radius 3 is 2.76 bits per heavy atom. The summed E-state index contributed by atoms with van der Waals surface area (Å²) in [6.45, 7) is 0. The number of fused-ring (bicyclic) bond motifs is 1. The molecule has 1 atom stereocenters. The van der Waals surface area contributed by atoms with Gasteiger partial charge in [0.25, 0.3) is 0 Å². The lowest BCUT2D eigenvalue weighted by Crippen LogP contribution is -2.09. The molecule has 2 aromatic heterocycles. The normalized spacial score (nSPS) is 13.1. The first-order valence-electron chi connectivity index (χ1n) is 5.22. The van der Waals surface area contributed by atoms with Gasteiger partial charge in [-0.25, -0.2) is 0 Å². The van der Waals surface area contributed by atoms with E-state index >= 15 is 0 Å². The Bertz CT molecular complexity index is 625. The molecule has 0 bridgehead atoms. The van der Waals surface area contributed by atoms with Crippen LogP contribution >= 0.6 is 22.9 Å². The highest BCUT2D eigenvalue weighted by Gasteiger charge is 2.17. The van der Waals surface area contributed by atoms with E-state index in [0.717, 1.165) is 21.6 Å². The van der Waals surface area contributed by atoms with Gasteiger partial charge in [-0.05, 0) is 23.6 Å². The van der Waals surface area contributed by atoms with Crippen LogP contribution in [0.4, 0.5) is 0 Å². The van der Waals surface area contributed by atoms with Crippen molar-refractivity contribution in [1.29, 1.82) is 0 Å². The maximum absolute atomic E-state index is 6.16. The molecule has 0 aliphatic carbocycles. The fraction of sp³-hybridized carbons (Fsp3) is 0.0769. The number of halogens is 1. The van der Waals surface area contributed by atoms with Crippen LogP contribution in [0.15, 0.2) is 46.2 Å². The third-order valence-electron chi connectivity index (χ3n) is 2.68. The van der Waals surface area contributed by atoms with E-state index in [0.29, 0.717) is 5.02 Å². The predicted octanol–water partition coefficient (Wildman–Crippen LogP) is 4.20. The average molecular weight is 264 g/mol. The van der Waals surface area contributed by atoms with Crippen molar-refractivity contribution in [3.05, 3.63) is 57.4 Å². The maximum Gasteiger partial charge on any atom is 0.134 e. The van der Waals surface area contributed by atoms with Crippen LogP contribution in [0.25, 0.3) is 11.0 Å². The van der Waals surface area contributed by atoms with Crippen molar-refractivity contribution in [3.8, 4) is 0 Å². The van der Waals surface area contributed by atoms with E-state index in [2.05, 4.69) is 0 Å². The highest BCUT2D eigenvalue weighted by atomic mass is 35.5. The van der Waals surface area contributed by atoms with Gasteiger partial charge in [0, 0.05) is 10.3 Å². The van der Waals surface area contributed by atoms with Gasteiger partial charge in [-0.15, -0.1) is 11.3 Å². The van der Waals surface area contributed by atoms with Gasteiger partial charge in [0.15, 0.2) is 0 Å². The van der Waals surface area contributed by atoms with E-state index in [4.69, 9.17) is 21.8 Å². The number of thiophene rings is 1. The summed E-state index contributed by atoms with van der Waals surface area (Å²) >= 11 is 7.62. The van der Waals surface area contributed by atoms with Gasteiger partial charge >= 0.3 is 0 Å². The van der Waals surface area contributed by atoms with Crippen LogP contribution in [-0.2, 0) is 0 Å². The minimum Gasteiger partial charge on any atom is -0.459 e. The summed E-state index contributed by atoms with van der Waals surface area (Å²) in [6, 6.07) is 11.4. The second kappa shape index (κ2) is 4.18. The minimum atomic E-state index is -0.296. The zero-order chi connectivity index (χ0) is 11.8. The van der Waals surface area contributed by atoms with Crippen LogP contribution in [-0.4, -0.2) is 0 Å². The molecule has 1 aromatic carbocycles. The van der Waals surface area contributed by atoms with Gasteiger partial charge < -0.3 is 10.2 Å². The van der Waals surface area contributed by atoms with Crippen molar-refractivity contribution >= 4 is 33.9 Å². The monoisotopic (exact) mass is 263 g/mol. The topological polar surface area (TPSA) is 39.2 Å². The summed E-state index contributed by atoms with van der Waals surface area (Å²) in [4.78, 5) is 0.936. The average Bonchev–Trinajstić information content (AvgIpc) is 2.93. The second-order valence-electron chi connectivity index (χ2n) is 3.80. The van der Waals surface area contributed by atoms with Crippen LogP contribution in [0.5, 0.6) is 0 Å². The van der Waals surface area contributed by atoms with E-state index in [1.54, 1.807) is 11.3 Å². The molecule has 2 N–H and O–H groups in total. The third kappa shape index (κ3) is 1.86. The fourth-order valence-corrected chi connectivity index (χ4v) is 3.00. The standard InChI is InChI=1S/C13H10ClNOS/c14-9-5-6-17-13(9)12(15)11-7-8-3-1-2-4-10(8)16-11/h1-7,12H,15H2. The van der Waals surface area contributed by atoms with Crippen molar-refractivity contribution in [1.82, 2.24) is 0 Å². The van der Waals surface area contributed by atoms with Gasteiger partial charge in [-0.2, -0.15) is 0 Å². The van der Waals surface area contributed by atoms with Crippen molar-refractivity contribution in [2.75, 3.05) is 0 Å². The molecule has 0 aliphatic heterocycles. The number of para-hydroxylation sites is 1. The summed E-state index contributed by atoms with van der Waals surface area (Å²) < 4.78 is 5.73. The molecule has 0 saturated carbocycles. The second-order valence-corrected chi connectivity index (χ2v) is 5.15. The molecule has 17 heavy (non-hydrogen) atoms. The molecule has 2 heterocycles. The van der Waals surface area contributed by atoms with Gasteiger partial charge in [-0.3, -0.25) is 0 Å². The van der Waals surface area contributed by atoms with E-state index in [-0.39, 0.29) is 6.04 Å². The largest absolute Gasteiger partial charge is 0.459 e. The van der Waals surface area contributed by atoms with Crippen molar-refractivity contribution < 1.29 is 4.42 Å². The lowest BCUT2D eigenvalue weighted by Gasteiger charge is -2.06. The highest BCUT2D eigenvalue weighted by molar-refractivity contribution is 7.10. The number of rotatable bonds is 2. The van der Waals surface area contributed by atoms with E-state index in [9.17, 15) is 0 Å². The fourth-order valence-electron chi connectivity index (χ4n) is 1.81. The van der Waals surface area contributed by atoms with Gasteiger partial charge in [0.2, 0.25) is 0 Å². The molecular weight excluding hydrogens is 254 g/mol. The van der Waals surface area contributed by atoms with Gasteiger partial charge in [0.1, 0.15) is 11.3 Å². The molecule has 0 amide bonds. The first-order chi connectivity index (χ1) is 8.25. The Kier molecular flexibility index (Phi) is 2.67. The molecule has 3 rings (SSSR count). The quantitative estimate of drug-likeness (QED) is 0.753. The summed E-state index contributed by atoms with van der Waals surface area (Å²) in [5.74, 6) is 0.746. The smallest absolute Gasteiger partial charge is 0.134 e. The van der Waals surface area contributed by atoms with Crippen LogP contribution in [0.1, 0.15) is 16.7 Å². The highest BCUT2D eigenvalue weighted by Crippen LogP contribution is 2.33. The van der Waals surface area contributed by atoms with Crippen molar-refractivity contribution in [2.24, 2.45) is 5.73 Å². The molecule has 4 heteroatoms. The van der Waals surface area contributed by atoms with E-state index in [1.165, 1.54) is 0 Å². The van der Waals surface area contributed by atoms with E-state index in [1.807, 2.05) is 41.8 Å². The van der Waals surface area contributed by atoms with Crippen LogP contribution in [0, 0.1) is 0 Å². The number of hydrogen-bond donors (Lipinski definition) is 1. The molecule has 0 radical (unpaired) electrons. The molecule has 0 aliphatic rings. The molecular formula is C13H10ClNOS. The number of benzene rings is 1. The zero-order valence-electron chi connectivity index (χ0n) is 8.89. The minimum absolute atomic E-state index is 0.296. The lowest BCUT2D eigenvalue weighted by molar-refractivity contribution is 0.528. The predicted molar refractivity (Wildman–Crippen MR) is 71.6 cm³/mol. The van der Waals surface area contributed by atoms with Crippen molar-refractivity contribution in [2.45, 2.75) is 6.04 Å². The van der Waals surface area contributed by atoms with Gasteiger partial charge in [-0.1, -0.05) is 29.8 Å². The Labute approximate surface area is 108 Å². The molecule has 3 aromatic rings. The first-order valence-corrected chi connectivity index (χ1v) is 6.48. The first kappa shape index (κ1) is 10.8. The third-order valence-corrected chi connectivity index (χ3v) is 4.12. The molecule has 2 nitrogen and oxygen atoms in total. The van der Waals surface area contributed by atoms with Crippen LogP contribution in [0.3, 0.4) is 0 Å². The Morgan fingerprint density at radius 1 is 1.24 bits per heavy atom. The van der Waals surface area contributed by atoms with Gasteiger partial charge in [0.05, 0.1) is 11.1 Å². The lowest BCUT2D eigenvalue weighted by atomic mass is 10.2. The maximum atomic E-state index is 6.16. The van der Waals surface area contributed by atoms with Crippen LogP contribution in [0.2, 0.25) is 5.02 Å². The summed E-state index contributed by atoms with van der Waals surface area (Å²) in [6.07, 6.45) is 0.